The van der Waals surface area contributed by atoms with E-state index in [0.29, 0.717) is 11.3 Å². The average molecular weight is 285 g/mol. The zero-order valence-electron chi connectivity index (χ0n) is 10.7. The van der Waals surface area contributed by atoms with Gasteiger partial charge in [0.15, 0.2) is 0 Å². The Hall–Kier alpha value is -1.89. The lowest BCUT2D eigenvalue weighted by Crippen LogP contribution is -2.16. The third-order valence-corrected chi connectivity index (χ3v) is 3.38. The van der Waals surface area contributed by atoms with Gasteiger partial charge in [-0.3, -0.25) is 9.59 Å². The molecule has 1 rings (SSSR count). The number of carbonyl (C=O) groups is 3. The van der Waals surface area contributed by atoms with E-state index in [1.807, 2.05) is 0 Å². The fourth-order valence-electron chi connectivity index (χ4n) is 1.41. The lowest BCUT2D eigenvalue weighted by molar-refractivity contribution is -0.144. The first kappa shape index (κ1) is 15.2. The lowest BCUT2D eigenvalue weighted by atomic mass is 10.2. The van der Waals surface area contributed by atoms with E-state index in [2.05, 4.69) is 5.32 Å². The highest BCUT2D eigenvalue weighted by molar-refractivity contribution is 7.12. The van der Waals surface area contributed by atoms with Crippen molar-refractivity contribution >= 4 is 34.9 Å². The third-order valence-electron chi connectivity index (χ3n) is 2.30. The monoisotopic (exact) mass is 285 g/mol. The summed E-state index contributed by atoms with van der Waals surface area (Å²) in [5.74, 6) is -1.94. The van der Waals surface area contributed by atoms with Gasteiger partial charge in [0.2, 0.25) is 5.91 Å². The standard InChI is InChI=1S/C12H15NO5S/c1-3-18-9(15)5-4-8(14)13-10-7(2)6-19-11(10)12(16)17/h6H,3-5H2,1-2H3,(H,13,14)(H,16,17). The molecule has 0 saturated heterocycles. The highest BCUT2D eigenvalue weighted by atomic mass is 32.1. The van der Waals surface area contributed by atoms with E-state index in [0.717, 1.165) is 11.3 Å². The molecule has 0 spiro atoms. The van der Waals surface area contributed by atoms with Gasteiger partial charge in [-0.2, -0.15) is 0 Å². The van der Waals surface area contributed by atoms with Crippen molar-refractivity contribution in [2.75, 3.05) is 11.9 Å². The van der Waals surface area contributed by atoms with Crippen LogP contribution in [0.2, 0.25) is 0 Å². The van der Waals surface area contributed by atoms with Crippen LogP contribution in [0.25, 0.3) is 0 Å². The van der Waals surface area contributed by atoms with Gasteiger partial charge in [0, 0.05) is 6.42 Å². The Labute approximate surface area is 114 Å². The molecule has 1 heterocycles. The molecule has 6 nitrogen and oxygen atoms in total. The first-order valence-electron chi connectivity index (χ1n) is 5.72. The summed E-state index contributed by atoms with van der Waals surface area (Å²) in [4.78, 5) is 33.8. The Morgan fingerprint density at radius 1 is 1.37 bits per heavy atom. The summed E-state index contributed by atoms with van der Waals surface area (Å²) in [6.45, 7) is 3.67. The van der Waals surface area contributed by atoms with Crippen LogP contribution in [0.1, 0.15) is 35.0 Å². The highest BCUT2D eigenvalue weighted by Gasteiger charge is 2.17. The number of aromatic carboxylic acids is 1. The van der Waals surface area contributed by atoms with Crippen molar-refractivity contribution in [3.05, 3.63) is 15.8 Å². The third kappa shape index (κ3) is 4.36. The summed E-state index contributed by atoms with van der Waals surface area (Å²) in [5, 5.41) is 13.1. The van der Waals surface area contributed by atoms with Crippen molar-refractivity contribution in [1.82, 2.24) is 0 Å². The van der Waals surface area contributed by atoms with Crippen LogP contribution in [0, 0.1) is 6.92 Å². The Morgan fingerprint density at radius 3 is 2.63 bits per heavy atom. The van der Waals surface area contributed by atoms with Crippen LogP contribution >= 0.6 is 11.3 Å². The zero-order chi connectivity index (χ0) is 14.4. The van der Waals surface area contributed by atoms with Crippen molar-refractivity contribution in [3.63, 3.8) is 0 Å². The van der Waals surface area contributed by atoms with Gasteiger partial charge in [-0.05, 0) is 24.8 Å². The summed E-state index contributed by atoms with van der Waals surface area (Å²) >= 11 is 1.05. The second-order valence-electron chi connectivity index (χ2n) is 3.78. The van der Waals surface area contributed by atoms with Crippen molar-refractivity contribution in [1.29, 1.82) is 0 Å². The number of carbonyl (C=O) groups excluding carboxylic acids is 2. The van der Waals surface area contributed by atoms with Gasteiger partial charge >= 0.3 is 11.9 Å². The number of carboxylic acids is 1. The smallest absolute Gasteiger partial charge is 0.348 e. The molecule has 0 aliphatic rings. The first-order valence-corrected chi connectivity index (χ1v) is 6.60. The van der Waals surface area contributed by atoms with E-state index in [9.17, 15) is 14.4 Å². The second kappa shape index (κ2) is 6.89. The largest absolute Gasteiger partial charge is 0.477 e. The lowest BCUT2D eigenvalue weighted by Gasteiger charge is -2.06. The molecule has 7 heteroatoms. The first-order chi connectivity index (χ1) is 8.95. The molecule has 1 aromatic heterocycles. The zero-order valence-corrected chi connectivity index (χ0v) is 11.5. The number of carboxylic acid groups (broad SMARTS) is 1. The van der Waals surface area contributed by atoms with Crippen LogP contribution in [0.3, 0.4) is 0 Å². The molecule has 0 saturated carbocycles. The van der Waals surface area contributed by atoms with Crippen molar-refractivity contribution in [2.24, 2.45) is 0 Å². The van der Waals surface area contributed by atoms with Crippen LogP contribution in [0.5, 0.6) is 0 Å². The quantitative estimate of drug-likeness (QED) is 0.780. The number of anilines is 1. The second-order valence-corrected chi connectivity index (χ2v) is 4.66. The molecule has 2 N–H and O–H groups in total. The molecular weight excluding hydrogens is 270 g/mol. The van der Waals surface area contributed by atoms with Gasteiger partial charge in [-0.15, -0.1) is 11.3 Å². The van der Waals surface area contributed by atoms with Gasteiger partial charge in [0.25, 0.3) is 0 Å². The van der Waals surface area contributed by atoms with Gasteiger partial charge in [0.05, 0.1) is 18.7 Å². The SMILES string of the molecule is CCOC(=O)CCC(=O)Nc1c(C)csc1C(=O)O. The summed E-state index contributed by atoms with van der Waals surface area (Å²) in [6, 6.07) is 0. The number of hydrogen-bond donors (Lipinski definition) is 2. The minimum absolute atomic E-state index is 0.0226. The van der Waals surface area contributed by atoms with Crippen molar-refractivity contribution in [3.8, 4) is 0 Å². The van der Waals surface area contributed by atoms with Crippen molar-refractivity contribution in [2.45, 2.75) is 26.7 Å². The number of ether oxygens (including phenoxy) is 1. The number of hydrogen-bond acceptors (Lipinski definition) is 5. The Kier molecular flexibility index (Phi) is 5.50. The molecule has 0 aliphatic heterocycles. The number of rotatable bonds is 6. The number of aryl methyl sites for hydroxylation is 1. The Morgan fingerprint density at radius 2 is 2.05 bits per heavy atom. The predicted molar refractivity (Wildman–Crippen MR) is 70.5 cm³/mol. The molecule has 1 aromatic rings. The molecule has 19 heavy (non-hydrogen) atoms. The van der Waals surface area contributed by atoms with Crippen LogP contribution in [-0.4, -0.2) is 29.6 Å². The minimum Gasteiger partial charge on any atom is -0.477 e. The molecule has 0 radical (unpaired) electrons. The molecule has 0 fully saturated rings. The maximum atomic E-state index is 11.6. The van der Waals surface area contributed by atoms with Crippen molar-refractivity contribution < 1.29 is 24.2 Å². The minimum atomic E-state index is -1.08. The molecular formula is C12H15NO5S. The molecule has 1 amide bonds. The van der Waals surface area contributed by atoms with E-state index >= 15 is 0 Å². The number of thiophene rings is 1. The van der Waals surface area contributed by atoms with Crippen LogP contribution in [0.15, 0.2) is 5.38 Å². The van der Waals surface area contributed by atoms with Gasteiger partial charge < -0.3 is 15.2 Å². The van der Waals surface area contributed by atoms with Gasteiger partial charge in [-0.25, -0.2) is 4.79 Å². The number of nitrogens with one attached hydrogen (secondary N) is 1. The molecule has 0 atom stereocenters. The van der Waals surface area contributed by atoms with Crippen LogP contribution < -0.4 is 5.32 Å². The maximum absolute atomic E-state index is 11.6. The molecule has 0 bridgehead atoms. The summed E-state index contributed by atoms with van der Waals surface area (Å²) < 4.78 is 4.70. The topological polar surface area (TPSA) is 92.7 Å². The average Bonchev–Trinajstić information content (AvgIpc) is 2.69. The summed E-state index contributed by atoms with van der Waals surface area (Å²) in [5.41, 5.74) is 0.984. The van der Waals surface area contributed by atoms with Gasteiger partial charge in [-0.1, -0.05) is 0 Å². The van der Waals surface area contributed by atoms with Crippen LogP contribution in [-0.2, 0) is 14.3 Å². The number of amides is 1. The van der Waals surface area contributed by atoms with E-state index in [4.69, 9.17) is 9.84 Å². The molecule has 0 aromatic carbocycles. The summed E-state index contributed by atoms with van der Waals surface area (Å²) in [7, 11) is 0. The fraction of sp³-hybridized carbons (Fsp3) is 0.417. The van der Waals surface area contributed by atoms with E-state index in [1.165, 1.54) is 0 Å². The molecule has 0 aliphatic carbocycles. The van der Waals surface area contributed by atoms with E-state index in [-0.39, 0.29) is 24.3 Å². The van der Waals surface area contributed by atoms with E-state index in [1.54, 1.807) is 19.2 Å². The normalized spacial score (nSPS) is 10.0. The fourth-order valence-corrected chi connectivity index (χ4v) is 2.25. The van der Waals surface area contributed by atoms with E-state index < -0.39 is 17.8 Å². The molecule has 0 unspecified atom stereocenters. The maximum Gasteiger partial charge on any atom is 0.348 e. The summed E-state index contributed by atoms with van der Waals surface area (Å²) in [6.07, 6.45) is -0.0571. The Balaban J connectivity index is 2.60. The number of esters is 1. The predicted octanol–water partition coefficient (Wildman–Crippen LogP) is 2.04. The highest BCUT2D eigenvalue weighted by Crippen LogP contribution is 2.27. The van der Waals surface area contributed by atoms with Gasteiger partial charge in [0.1, 0.15) is 4.88 Å². The van der Waals surface area contributed by atoms with Crippen LogP contribution in [0.4, 0.5) is 5.69 Å². The Bertz CT molecular complexity index is 494. The molecule has 104 valence electrons.